The number of hydrogen-bond acceptors (Lipinski definition) is 0. The van der Waals surface area contributed by atoms with Gasteiger partial charge in [0.1, 0.15) is 0 Å². The predicted octanol–water partition coefficient (Wildman–Crippen LogP) is 8.66. The van der Waals surface area contributed by atoms with Crippen molar-refractivity contribution in [1.29, 1.82) is 0 Å². The first kappa shape index (κ1) is 21.0. The van der Waals surface area contributed by atoms with Gasteiger partial charge in [0.05, 0.1) is 0 Å². The lowest BCUT2D eigenvalue weighted by Gasteiger charge is -2.59. The molecular weight excluding hydrogens is 336 g/mol. The molecule has 0 amide bonds. The van der Waals surface area contributed by atoms with E-state index >= 15 is 0 Å². The summed E-state index contributed by atoms with van der Waals surface area (Å²) in [7, 11) is 0. The van der Waals surface area contributed by atoms with Crippen LogP contribution >= 0.6 is 0 Å². The highest BCUT2D eigenvalue weighted by Crippen LogP contribution is 2.68. The van der Waals surface area contributed by atoms with Crippen molar-refractivity contribution in [3.8, 4) is 0 Å². The molecule has 0 aliphatic heterocycles. The van der Waals surface area contributed by atoms with E-state index in [0.717, 1.165) is 35.5 Å². The second kappa shape index (κ2) is 7.16. The minimum absolute atomic E-state index is 0.529. The second-order valence-electron chi connectivity index (χ2n) is 13.3. The van der Waals surface area contributed by atoms with Gasteiger partial charge in [0.15, 0.2) is 0 Å². The molecule has 4 aliphatic carbocycles. The van der Waals surface area contributed by atoms with Crippen LogP contribution in [-0.2, 0) is 0 Å². The Kier molecular flexibility index (Phi) is 5.37. The molecule has 3 saturated carbocycles. The molecule has 0 aromatic carbocycles. The first-order valence-corrected chi connectivity index (χ1v) is 12.8. The van der Waals surface area contributed by atoms with Gasteiger partial charge in [-0.1, -0.05) is 73.0 Å². The van der Waals surface area contributed by atoms with E-state index in [1.165, 1.54) is 64.2 Å². The third-order valence-corrected chi connectivity index (χ3v) is 10.6. The molecule has 4 aliphatic rings. The number of hydrogen-bond donors (Lipinski definition) is 0. The third-order valence-electron chi connectivity index (χ3n) is 10.6. The zero-order valence-corrected chi connectivity index (χ0v) is 20.1. The quantitative estimate of drug-likeness (QED) is 0.425. The summed E-state index contributed by atoms with van der Waals surface area (Å²) in [6.45, 7) is 17.8. The monoisotopic (exact) mass is 384 g/mol. The molecule has 0 nitrogen and oxygen atoms in total. The molecule has 0 unspecified atom stereocenters. The van der Waals surface area contributed by atoms with Crippen molar-refractivity contribution in [3.63, 3.8) is 0 Å². The van der Waals surface area contributed by atoms with Gasteiger partial charge in [0.25, 0.3) is 0 Å². The highest BCUT2D eigenvalue weighted by atomic mass is 14.6. The molecule has 28 heavy (non-hydrogen) atoms. The van der Waals surface area contributed by atoms with Crippen LogP contribution in [0.5, 0.6) is 0 Å². The molecule has 0 aromatic heterocycles. The third kappa shape index (κ3) is 3.33. The van der Waals surface area contributed by atoms with Gasteiger partial charge < -0.3 is 0 Å². The van der Waals surface area contributed by atoms with E-state index in [-0.39, 0.29) is 0 Å². The summed E-state index contributed by atoms with van der Waals surface area (Å²) in [5.74, 6) is 5.74. The Balaban J connectivity index is 1.54. The lowest BCUT2D eigenvalue weighted by molar-refractivity contribution is -0.0564. The van der Waals surface area contributed by atoms with Crippen LogP contribution in [0.3, 0.4) is 0 Å². The maximum absolute atomic E-state index is 2.75. The summed E-state index contributed by atoms with van der Waals surface area (Å²) in [6.07, 6.45) is 17.3. The van der Waals surface area contributed by atoms with Gasteiger partial charge in [0.2, 0.25) is 0 Å². The molecule has 7 atom stereocenters. The standard InChI is InChI=1S/C28H48/c1-19(2)8-9-20(3)23-12-13-24-22-11-10-21-18-26(4,5)16-17-27(21,6)25(22)14-15-28(23,24)7/h10,19-20,22-25H,8-9,11-18H2,1-7H3/t20-,22+,23-,24+,25+,27+,28-/m1/s1. The predicted molar refractivity (Wildman–Crippen MR) is 122 cm³/mol. The smallest absolute Gasteiger partial charge is 0.00849 e. The molecule has 0 N–H and O–H groups in total. The van der Waals surface area contributed by atoms with Crippen LogP contribution in [0, 0.1) is 51.8 Å². The van der Waals surface area contributed by atoms with Crippen LogP contribution in [0.15, 0.2) is 11.6 Å². The van der Waals surface area contributed by atoms with Crippen LogP contribution in [0.1, 0.15) is 113 Å². The van der Waals surface area contributed by atoms with Crippen LogP contribution in [0.25, 0.3) is 0 Å². The van der Waals surface area contributed by atoms with E-state index in [0.29, 0.717) is 16.2 Å². The average Bonchev–Trinajstić information content (AvgIpc) is 2.97. The van der Waals surface area contributed by atoms with Crippen molar-refractivity contribution < 1.29 is 0 Å². The highest BCUT2D eigenvalue weighted by molar-refractivity contribution is 5.26. The maximum Gasteiger partial charge on any atom is -0.00849 e. The van der Waals surface area contributed by atoms with E-state index in [1.807, 2.05) is 5.57 Å². The number of fused-ring (bicyclic) bond motifs is 5. The lowest BCUT2D eigenvalue weighted by Crippen LogP contribution is -2.51. The van der Waals surface area contributed by atoms with Gasteiger partial charge >= 0.3 is 0 Å². The Morgan fingerprint density at radius 1 is 0.893 bits per heavy atom. The SMILES string of the molecule is CC(C)CC[C@@H](C)[C@H]1CC[C@H]2[C@@H]3CC=C4CC(C)(C)CC[C@]4(C)[C@H]3CC[C@]12C. The molecular formula is C28H48. The first-order valence-electron chi connectivity index (χ1n) is 12.8. The van der Waals surface area contributed by atoms with Gasteiger partial charge in [-0.25, -0.2) is 0 Å². The molecule has 0 heteroatoms. The van der Waals surface area contributed by atoms with Gasteiger partial charge in [-0.05, 0) is 103 Å². The maximum atomic E-state index is 2.75. The van der Waals surface area contributed by atoms with Crippen molar-refractivity contribution in [3.05, 3.63) is 11.6 Å². The Bertz CT molecular complexity index is 610. The van der Waals surface area contributed by atoms with Gasteiger partial charge in [0, 0.05) is 0 Å². The summed E-state index contributed by atoms with van der Waals surface area (Å²) in [5, 5.41) is 0. The molecule has 0 bridgehead atoms. The van der Waals surface area contributed by atoms with E-state index in [9.17, 15) is 0 Å². The molecule has 0 aromatic rings. The molecule has 160 valence electrons. The van der Waals surface area contributed by atoms with E-state index < -0.39 is 0 Å². The zero-order valence-electron chi connectivity index (χ0n) is 20.1. The Morgan fingerprint density at radius 2 is 1.64 bits per heavy atom. The fourth-order valence-electron chi connectivity index (χ4n) is 8.75. The van der Waals surface area contributed by atoms with Crippen LogP contribution < -0.4 is 0 Å². The summed E-state index contributed by atoms with van der Waals surface area (Å²) < 4.78 is 0. The van der Waals surface area contributed by atoms with E-state index in [1.54, 1.807) is 0 Å². The topological polar surface area (TPSA) is 0 Å². The van der Waals surface area contributed by atoms with Crippen molar-refractivity contribution >= 4 is 0 Å². The Hall–Kier alpha value is -0.260. The summed E-state index contributed by atoms with van der Waals surface area (Å²) in [4.78, 5) is 0. The molecule has 0 radical (unpaired) electrons. The summed E-state index contributed by atoms with van der Waals surface area (Å²) in [5.41, 5.74) is 3.55. The van der Waals surface area contributed by atoms with Crippen molar-refractivity contribution in [2.24, 2.45) is 51.8 Å². The Morgan fingerprint density at radius 3 is 2.36 bits per heavy atom. The van der Waals surface area contributed by atoms with Crippen molar-refractivity contribution in [2.75, 3.05) is 0 Å². The normalized spacial score (nSPS) is 45.8. The minimum atomic E-state index is 0.529. The fourth-order valence-corrected chi connectivity index (χ4v) is 8.75. The van der Waals surface area contributed by atoms with Gasteiger partial charge in [-0.15, -0.1) is 0 Å². The largest absolute Gasteiger partial charge is 0.0845 e. The first-order chi connectivity index (χ1) is 13.1. The van der Waals surface area contributed by atoms with Crippen LogP contribution in [-0.4, -0.2) is 0 Å². The van der Waals surface area contributed by atoms with Crippen LogP contribution in [0.2, 0.25) is 0 Å². The summed E-state index contributed by atoms with van der Waals surface area (Å²) in [6, 6.07) is 0. The minimum Gasteiger partial charge on any atom is -0.0845 e. The lowest BCUT2D eigenvalue weighted by atomic mass is 9.45. The van der Waals surface area contributed by atoms with Crippen molar-refractivity contribution in [1.82, 2.24) is 0 Å². The highest BCUT2D eigenvalue weighted by Gasteiger charge is 2.59. The van der Waals surface area contributed by atoms with Crippen LogP contribution in [0.4, 0.5) is 0 Å². The molecule has 3 fully saturated rings. The zero-order chi connectivity index (χ0) is 20.3. The van der Waals surface area contributed by atoms with E-state index in [2.05, 4.69) is 54.5 Å². The molecule has 0 saturated heterocycles. The molecule has 0 spiro atoms. The fraction of sp³-hybridized carbons (Fsp3) is 0.929. The Labute approximate surface area is 176 Å². The van der Waals surface area contributed by atoms with Gasteiger partial charge in [-0.3, -0.25) is 0 Å². The van der Waals surface area contributed by atoms with E-state index in [4.69, 9.17) is 0 Å². The van der Waals surface area contributed by atoms with Gasteiger partial charge in [-0.2, -0.15) is 0 Å². The number of rotatable bonds is 4. The number of allylic oxidation sites excluding steroid dienone is 2. The van der Waals surface area contributed by atoms with Crippen molar-refractivity contribution in [2.45, 2.75) is 113 Å². The molecule has 0 heterocycles. The average molecular weight is 385 g/mol. The second-order valence-corrected chi connectivity index (χ2v) is 13.3. The molecule has 4 rings (SSSR count). The summed E-state index contributed by atoms with van der Waals surface area (Å²) >= 11 is 0.